The number of nitrogens with one attached hydrogen (secondary N) is 2. The Bertz CT molecular complexity index is 577. The van der Waals surface area contributed by atoms with Gasteiger partial charge >= 0.3 is 0 Å². The van der Waals surface area contributed by atoms with Crippen molar-refractivity contribution >= 4 is 33.3 Å². The Morgan fingerprint density at radius 2 is 2.10 bits per heavy atom. The molecular weight excluding hydrogens is 304 g/mol. The van der Waals surface area contributed by atoms with E-state index in [2.05, 4.69) is 15.6 Å². The molecule has 4 N–H and O–H groups in total. The highest BCUT2D eigenvalue weighted by Crippen LogP contribution is 2.14. The molecule has 0 radical (unpaired) electrons. The number of sulfonamides is 1. The Hall–Kier alpha value is -1.38. The molecule has 0 unspecified atom stereocenters. The van der Waals surface area contributed by atoms with Crippen molar-refractivity contribution in [2.45, 2.75) is 13.3 Å². The average molecular weight is 321 g/mol. The second-order valence-corrected chi connectivity index (χ2v) is 6.23. The molecule has 112 valence electrons. The lowest BCUT2D eigenvalue weighted by Gasteiger charge is -2.08. The Morgan fingerprint density at radius 3 is 2.70 bits per heavy atom. The van der Waals surface area contributed by atoms with Crippen LogP contribution in [-0.4, -0.2) is 38.2 Å². The number of primary sulfonamides is 1. The van der Waals surface area contributed by atoms with Gasteiger partial charge in [-0.3, -0.25) is 4.79 Å². The van der Waals surface area contributed by atoms with Crippen molar-refractivity contribution in [2.75, 3.05) is 24.2 Å². The number of anilines is 1. The highest BCUT2D eigenvalue weighted by Gasteiger charge is 2.10. The Labute approximate surface area is 123 Å². The Kier molecular flexibility index (Phi) is 6.18. The predicted molar refractivity (Wildman–Crippen MR) is 78.3 cm³/mol. The number of aromatic nitrogens is 1. The lowest BCUT2D eigenvalue weighted by Crippen LogP contribution is -2.31. The maximum absolute atomic E-state index is 11.8. The molecule has 0 bridgehead atoms. The maximum atomic E-state index is 11.8. The van der Waals surface area contributed by atoms with Crippen molar-refractivity contribution in [1.82, 2.24) is 10.3 Å². The van der Waals surface area contributed by atoms with Gasteiger partial charge in [-0.15, -0.1) is 0 Å². The van der Waals surface area contributed by atoms with Crippen molar-refractivity contribution in [3.05, 3.63) is 22.8 Å². The van der Waals surface area contributed by atoms with Gasteiger partial charge in [0.05, 0.1) is 5.75 Å². The monoisotopic (exact) mass is 320 g/mol. The van der Waals surface area contributed by atoms with Crippen molar-refractivity contribution < 1.29 is 13.2 Å². The van der Waals surface area contributed by atoms with Crippen LogP contribution in [0.2, 0.25) is 5.15 Å². The number of pyridine rings is 1. The molecule has 0 aliphatic heterocycles. The van der Waals surface area contributed by atoms with E-state index >= 15 is 0 Å². The molecule has 0 saturated heterocycles. The second kappa shape index (κ2) is 7.41. The number of nitrogens with zero attached hydrogens (tertiary/aromatic N) is 1. The largest absolute Gasteiger partial charge is 0.370 e. The van der Waals surface area contributed by atoms with E-state index in [-0.39, 0.29) is 17.5 Å². The number of rotatable bonds is 7. The van der Waals surface area contributed by atoms with Gasteiger partial charge in [-0.25, -0.2) is 18.5 Å². The first-order valence-corrected chi connectivity index (χ1v) is 8.11. The van der Waals surface area contributed by atoms with Crippen LogP contribution in [0.4, 0.5) is 5.82 Å². The van der Waals surface area contributed by atoms with Gasteiger partial charge in [-0.2, -0.15) is 0 Å². The molecule has 0 saturated carbocycles. The number of carbonyl (C=O) groups is 1. The summed E-state index contributed by atoms with van der Waals surface area (Å²) >= 11 is 5.83. The van der Waals surface area contributed by atoms with E-state index in [1.807, 2.05) is 6.92 Å². The van der Waals surface area contributed by atoms with Crippen LogP contribution in [-0.2, 0) is 10.0 Å². The van der Waals surface area contributed by atoms with Gasteiger partial charge in [0, 0.05) is 18.7 Å². The van der Waals surface area contributed by atoms with Gasteiger partial charge < -0.3 is 10.6 Å². The van der Waals surface area contributed by atoms with E-state index in [0.717, 1.165) is 6.42 Å². The predicted octanol–water partition coefficient (Wildman–Crippen LogP) is 0.575. The van der Waals surface area contributed by atoms with E-state index < -0.39 is 15.9 Å². The third kappa shape index (κ3) is 6.18. The molecule has 1 amide bonds. The third-order valence-electron chi connectivity index (χ3n) is 2.28. The van der Waals surface area contributed by atoms with Crippen LogP contribution < -0.4 is 15.8 Å². The zero-order valence-electron chi connectivity index (χ0n) is 11.0. The number of nitrogens with two attached hydrogens (primary N) is 1. The fourth-order valence-electron chi connectivity index (χ4n) is 1.38. The first-order chi connectivity index (χ1) is 9.31. The summed E-state index contributed by atoms with van der Waals surface area (Å²) in [6, 6.07) is 2.96. The first-order valence-electron chi connectivity index (χ1n) is 6.02. The summed E-state index contributed by atoms with van der Waals surface area (Å²) in [6.07, 6.45) is 0.907. The molecule has 1 heterocycles. The van der Waals surface area contributed by atoms with Crippen LogP contribution >= 0.6 is 11.6 Å². The van der Waals surface area contributed by atoms with E-state index in [0.29, 0.717) is 17.9 Å². The Morgan fingerprint density at radius 1 is 1.40 bits per heavy atom. The lowest BCUT2D eigenvalue weighted by molar-refractivity contribution is 0.0956. The van der Waals surface area contributed by atoms with Gasteiger partial charge in [0.15, 0.2) is 0 Å². The van der Waals surface area contributed by atoms with E-state index in [9.17, 15) is 13.2 Å². The molecule has 1 rings (SSSR count). The van der Waals surface area contributed by atoms with Crippen molar-refractivity contribution in [3.63, 3.8) is 0 Å². The molecule has 1 aromatic rings. The first kappa shape index (κ1) is 16.7. The normalized spacial score (nSPS) is 11.2. The van der Waals surface area contributed by atoms with E-state index in [1.54, 1.807) is 6.07 Å². The summed E-state index contributed by atoms with van der Waals surface area (Å²) in [5.41, 5.74) is 0.304. The molecule has 0 fully saturated rings. The molecule has 0 spiro atoms. The summed E-state index contributed by atoms with van der Waals surface area (Å²) < 4.78 is 21.5. The summed E-state index contributed by atoms with van der Waals surface area (Å²) in [5, 5.41) is 10.5. The summed E-state index contributed by atoms with van der Waals surface area (Å²) in [6.45, 7) is 2.65. The molecule has 0 atom stereocenters. The second-order valence-electron chi connectivity index (χ2n) is 4.11. The summed E-state index contributed by atoms with van der Waals surface area (Å²) in [4.78, 5) is 15.9. The molecule has 9 heteroatoms. The SMILES string of the molecule is CCCNc1cc(C(=O)NCCS(N)(=O)=O)cc(Cl)n1. The highest BCUT2D eigenvalue weighted by atomic mass is 35.5. The third-order valence-corrected chi connectivity index (χ3v) is 3.25. The molecular formula is C11H17ClN4O3S. The molecule has 20 heavy (non-hydrogen) atoms. The minimum absolute atomic E-state index is 0.0602. The fraction of sp³-hybridized carbons (Fsp3) is 0.455. The maximum Gasteiger partial charge on any atom is 0.251 e. The Balaban J connectivity index is 2.69. The smallest absolute Gasteiger partial charge is 0.251 e. The number of amides is 1. The summed E-state index contributed by atoms with van der Waals surface area (Å²) in [5.74, 6) is -0.258. The van der Waals surface area contributed by atoms with Crippen LogP contribution in [0.15, 0.2) is 12.1 Å². The summed E-state index contributed by atoms with van der Waals surface area (Å²) in [7, 11) is -3.60. The zero-order chi connectivity index (χ0) is 15.2. The molecule has 7 nitrogen and oxygen atoms in total. The number of halogens is 1. The van der Waals surface area contributed by atoms with Gasteiger partial charge in [0.1, 0.15) is 11.0 Å². The van der Waals surface area contributed by atoms with Crippen LogP contribution in [0.25, 0.3) is 0 Å². The van der Waals surface area contributed by atoms with Gasteiger partial charge in [0.25, 0.3) is 5.91 Å². The molecule has 0 aliphatic rings. The topological polar surface area (TPSA) is 114 Å². The number of carbonyl (C=O) groups excluding carboxylic acids is 1. The minimum atomic E-state index is -3.60. The minimum Gasteiger partial charge on any atom is -0.370 e. The lowest BCUT2D eigenvalue weighted by atomic mass is 10.2. The van der Waals surface area contributed by atoms with E-state index in [4.69, 9.17) is 16.7 Å². The molecule has 1 aromatic heterocycles. The van der Waals surface area contributed by atoms with Gasteiger partial charge in [-0.1, -0.05) is 18.5 Å². The number of hydrogen-bond acceptors (Lipinski definition) is 5. The zero-order valence-corrected chi connectivity index (χ0v) is 12.6. The van der Waals surface area contributed by atoms with E-state index in [1.165, 1.54) is 6.07 Å². The molecule has 0 aromatic carbocycles. The van der Waals surface area contributed by atoms with Crippen LogP contribution in [0.5, 0.6) is 0 Å². The highest BCUT2D eigenvalue weighted by molar-refractivity contribution is 7.89. The van der Waals surface area contributed by atoms with Crippen LogP contribution in [0.1, 0.15) is 23.7 Å². The van der Waals surface area contributed by atoms with Gasteiger partial charge in [0.2, 0.25) is 10.0 Å². The number of hydrogen-bond donors (Lipinski definition) is 3. The quantitative estimate of drug-likeness (QED) is 0.636. The van der Waals surface area contributed by atoms with Crippen molar-refractivity contribution in [3.8, 4) is 0 Å². The fourth-order valence-corrected chi connectivity index (χ4v) is 1.98. The average Bonchev–Trinajstić information content (AvgIpc) is 2.34. The van der Waals surface area contributed by atoms with Crippen molar-refractivity contribution in [2.24, 2.45) is 5.14 Å². The molecule has 0 aliphatic carbocycles. The van der Waals surface area contributed by atoms with Crippen molar-refractivity contribution in [1.29, 1.82) is 0 Å². The standard InChI is InChI=1S/C11H17ClN4O3S/c1-2-3-14-10-7-8(6-9(12)16-10)11(17)15-4-5-20(13,18)19/h6-7H,2-5H2,1H3,(H,14,16)(H,15,17)(H2,13,18,19). The van der Waals surface area contributed by atoms with Gasteiger partial charge in [-0.05, 0) is 18.6 Å². The van der Waals surface area contributed by atoms with Crippen LogP contribution in [0, 0.1) is 0 Å². The van der Waals surface area contributed by atoms with Crippen LogP contribution in [0.3, 0.4) is 0 Å².